The van der Waals surface area contributed by atoms with E-state index in [1.807, 2.05) is 6.07 Å². The van der Waals surface area contributed by atoms with Gasteiger partial charge in [-0.2, -0.15) is 4.80 Å². The van der Waals surface area contributed by atoms with Crippen LogP contribution in [0.1, 0.15) is 52.0 Å². The average Bonchev–Trinajstić information content (AvgIpc) is 3.49. The van der Waals surface area contributed by atoms with Crippen LogP contribution in [-0.2, 0) is 36.9 Å². The zero-order valence-corrected chi connectivity index (χ0v) is 25.5. The minimum atomic E-state index is -1.01. The molecule has 2 aliphatic rings. The van der Waals surface area contributed by atoms with Crippen LogP contribution in [-0.4, -0.2) is 95.3 Å². The summed E-state index contributed by atoms with van der Waals surface area (Å²) in [5.41, 5.74) is -0.215. The Labute approximate surface area is 251 Å². The first-order valence-corrected chi connectivity index (χ1v) is 14.6. The summed E-state index contributed by atoms with van der Waals surface area (Å²) in [4.78, 5) is 54.8. The molecule has 1 unspecified atom stereocenters. The van der Waals surface area contributed by atoms with Gasteiger partial charge in [0.05, 0.1) is 19.1 Å². The highest BCUT2D eigenvalue weighted by Gasteiger charge is 2.40. The minimum Gasteiger partial charge on any atom is -0.493 e. The third-order valence-corrected chi connectivity index (χ3v) is 7.22. The van der Waals surface area contributed by atoms with E-state index in [1.165, 1.54) is 18.2 Å². The first kappa shape index (κ1) is 33.3. The summed E-state index contributed by atoms with van der Waals surface area (Å²) in [6.07, 6.45) is 3.30. The fraction of sp³-hybridized carbons (Fsp3) is 0.621. The lowest BCUT2D eigenvalue weighted by molar-refractivity contribution is -0.156. The standard InChI is InChI=1S/C29H43N7O7/c1-5-42-28(40)29(11-10-21(2)3)16-22-8-9-23(24(15-22)41-4)43-18-26(38)30-12-14-35(13-6-7-25(37)31-19-29)27(39)17-36-33-20-32-34-36/h8-9,15,20-21H,5-7,10-14,16-19H2,1-4H3,(H,30,38)(H,31,37). The van der Waals surface area contributed by atoms with E-state index in [4.69, 9.17) is 14.2 Å². The van der Waals surface area contributed by atoms with Gasteiger partial charge >= 0.3 is 5.97 Å². The molecule has 1 atom stereocenters. The molecule has 4 rings (SSSR count). The molecule has 14 nitrogen and oxygen atoms in total. The number of amides is 3. The molecule has 1 aromatic heterocycles. The van der Waals surface area contributed by atoms with E-state index in [1.54, 1.807) is 24.0 Å². The molecule has 0 saturated heterocycles. The summed E-state index contributed by atoms with van der Waals surface area (Å²) in [5.74, 6) is -0.168. The molecule has 43 heavy (non-hydrogen) atoms. The number of ether oxygens (including phenoxy) is 3. The van der Waals surface area contributed by atoms with Crippen LogP contribution in [0.4, 0.5) is 0 Å². The number of esters is 1. The number of benzene rings is 1. The van der Waals surface area contributed by atoms with Crippen molar-refractivity contribution < 1.29 is 33.4 Å². The Morgan fingerprint density at radius 3 is 2.67 bits per heavy atom. The number of rotatable bonds is 8. The fourth-order valence-electron chi connectivity index (χ4n) is 4.82. The highest BCUT2D eigenvalue weighted by Crippen LogP contribution is 2.35. The maximum absolute atomic E-state index is 13.5. The molecular formula is C29H43N7O7. The molecule has 2 N–H and O–H groups in total. The van der Waals surface area contributed by atoms with Crippen molar-refractivity contribution in [3.05, 3.63) is 30.1 Å². The Kier molecular flexibility index (Phi) is 12.7. The van der Waals surface area contributed by atoms with E-state index >= 15 is 0 Å². The summed E-state index contributed by atoms with van der Waals surface area (Å²) in [6.45, 7) is 6.50. The summed E-state index contributed by atoms with van der Waals surface area (Å²) in [5, 5.41) is 17.0. The minimum absolute atomic E-state index is 0.0942. The Morgan fingerprint density at radius 1 is 1.16 bits per heavy atom. The molecule has 236 valence electrons. The van der Waals surface area contributed by atoms with E-state index < -0.39 is 5.41 Å². The van der Waals surface area contributed by atoms with Gasteiger partial charge in [-0.05, 0) is 61.4 Å². The molecule has 0 radical (unpaired) electrons. The molecule has 0 spiro atoms. The largest absolute Gasteiger partial charge is 0.493 e. The fourth-order valence-corrected chi connectivity index (χ4v) is 4.82. The molecule has 0 fully saturated rings. The Morgan fingerprint density at radius 2 is 1.98 bits per heavy atom. The van der Waals surface area contributed by atoms with Crippen molar-refractivity contribution in [3.8, 4) is 11.5 Å². The number of methoxy groups -OCH3 is 1. The number of nitrogens with zero attached hydrogens (tertiary/aromatic N) is 5. The molecule has 14 heteroatoms. The summed E-state index contributed by atoms with van der Waals surface area (Å²) >= 11 is 0. The molecule has 0 saturated carbocycles. The number of carbonyl (C=O) groups excluding carboxylic acids is 4. The molecule has 1 aromatic carbocycles. The number of nitrogens with one attached hydrogen (secondary N) is 2. The number of fused-ring (bicyclic) bond motifs is 16. The van der Waals surface area contributed by atoms with Gasteiger partial charge in [-0.25, -0.2) is 0 Å². The summed E-state index contributed by atoms with van der Waals surface area (Å²) < 4.78 is 16.8. The van der Waals surface area contributed by atoms with Gasteiger partial charge in [0.15, 0.2) is 24.4 Å². The van der Waals surface area contributed by atoms with Gasteiger partial charge in [0.2, 0.25) is 11.8 Å². The molecule has 3 heterocycles. The molecule has 0 aliphatic carbocycles. The average molecular weight is 602 g/mol. The highest BCUT2D eigenvalue weighted by atomic mass is 16.5. The molecule has 2 bridgehead atoms. The van der Waals surface area contributed by atoms with E-state index in [9.17, 15) is 19.2 Å². The van der Waals surface area contributed by atoms with Crippen LogP contribution in [0, 0.1) is 11.3 Å². The number of hydrogen-bond acceptors (Lipinski definition) is 10. The van der Waals surface area contributed by atoms with Crippen molar-refractivity contribution in [3.63, 3.8) is 0 Å². The lowest BCUT2D eigenvalue weighted by Crippen LogP contribution is -2.46. The first-order valence-electron chi connectivity index (χ1n) is 14.6. The maximum Gasteiger partial charge on any atom is 0.314 e. The monoisotopic (exact) mass is 601 g/mol. The predicted molar refractivity (Wildman–Crippen MR) is 155 cm³/mol. The van der Waals surface area contributed by atoms with Gasteiger partial charge < -0.3 is 29.7 Å². The number of hydrogen-bond donors (Lipinski definition) is 2. The SMILES string of the molecule is CCOC(=O)C1(CCC(C)C)CNC(=O)CCCN(C(=O)Cn2ncnn2)CCNC(=O)COc2ccc(cc2OC)C1. The van der Waals surface area contributed by atoms with Gasteiger partial charge in [0.1, 0.15) is 6.54 Å². The summed E-state index contributed by atoms with van der Waals surface area (Å²) in [7, 11) is 1.50. The lowest BCUT2D eigenvalue weighted by atomic mass is 9.76. The zero-order chi connectivity index (χ0) is 31.2. The van der Waals surface area contributed by atoms with Gasteiger partial charge in [0.25, 0.3) is 5.91 Å². The van der Waals surface area contributed by atoms with Crippen LogP contribution in [0.3, 0.4) is 0 Å². The van der Waals surface area contributed by atoms with Crippen LogP contribution in [0.25, 0.3) is 0 Å². The third kappa shape index (κ3) is 10.2. The molecule has 2 aliphatic heterocycles. The smallest absolute Gasteiger partial charge is 0.314 e. The second kappa shape index (κ2) is 16.4. The van der Waals surface area contributed by atoms with E-state index in [2.05, 4.69) is 39.9 Å². The molecular weight excluding hydrogens is 558 g/mol. The van der Waals surface area contributed by atoms with Crippen LogP contribution in [0.2, 0.25) is 0 Å². The van der Waals surface area contributed by atoms with E-state index in [0.29, 0.717) is 36.7 Å². The second-order valence-corrected chi connectivity index (χ2v) is 11.0. The van der Waals surface area contributed by atoms with Crippen molar-refractivity contribution in [1.29, 1.82) is 0 Å². The molecule has 3 amide bonds. The van der Waals surface area contributed by atoms with Crippen LogP contribution in [0.5, 0.6) is 11.5 Å². The molecule has 2 aromatic rings. The van der Waals surface area contributed by atoms with Gasteiger partial charge in [0, 0.05) is 32.6 Å². The van der Waals surface area contributed by atoms with Crippen molar-refractivity contribution in [2.45, 2.75) is 59.4 Å². The van der Waals surface area contributed by atoms with Gasteiger partial charge in [-0.15, -0.1) is 10.2 Å². The Hall–Kier alpha value is -4.23. The van der Waals surface area contributed by atoms with E-state index in [0.717, 1.165) is 12.0 Å². The maximum atomic E-state index is 13.5. The Bertz CT molecular complexity index is 1220. The van der Waals surface area contributed by atoms with Crippen LogP contribution < -0.4 is 20.1 Å². The second-order valence-electron chi connectivity index (χ2n) is 11.0. The highest BCUT2D eigenvalue weighted by molar-refractivity contribution is 5.81. The van der Waals surface area contributed by atoms with Crippen LogP contribution >= 0.6 is 0 Å². The lowest BCUT2D eigenvalue weighted by Gasteiger charge is -2.33. The number of carbonyl (C=O) groups is 4. The Balaban J connectivity index is 1.88. The normalized spacial score (nSPS) is 19.0. The van der Waals surface area contributed by atoms with Crippen molar-refractivity contribution in [1.82, 2.24) is 35.7 Å². The van der Waals surface area contributed by atoms with Crippen molar-refractivity contribution in [2.75, 3.05) is 46.5 Å². The van der Waals surface area contributed by atoms with Gasteiger partial charge in [-0.3, -0.25) is 19.2 Å². The van der Waals surface area contributed by atoms with E-state index in [-0.39, 0.29) is 76.0 Å². The van der Waals surface area contributed by atoms with Crippen LogP contribution in [0.15, 0.2) is 24.5 Å². The zero-order valence-electron chi connectivity index (χ0n) is 25.5. The van der Waals surface area contributed by atoms with Crippen molar-refractivity contribution in [2.24, 2.45) is 11.3 Å². The topological polar surface area (TPSA) is 167 Å². The van der Waals surface area contributed by atoms with Crippen molar-refractivity contribution >= 4 is 23.7 Å². The quantitative estimate of drug-likeness (QED) is 0.331. The predicted octanol–water partition coefficient (Wildman–Crippen LogP) is 1.14. The first-order chi connectivity index (χ1) is 20.7. The van der Waals surface area contributed by atoms with Gasteiger partial charge in [-0.1, -0.05) is 19.9 Å². The number of aromatic nitrogens is 4. The summed E-state index contributed by atoms with van der Waals surface area (Å²) in [6, 6.07) is 5.30. The third-order valence-electron chi connectivity index (χ3n) is 7.22. The number of tetrazole rings is 1.